The molecule has 0 bridgehead atoms. The summed E-state index contributed by atoms with van der Waals surface area (Å²) in [6, 6.07) is 7.67. The highest BCUT2D eigenvalue weighted by Gasteiger charge is 2.08. The van der Waals surface area contributed by atoms with Crippen LogP contribution >= 0.6 is 11.5 Å². The zero-order chi connectivity index (χ0) is 12.1. The van der Waals surface area contributed by atoms with Crippen molar-refractivity contribution < 1.29 is 4.79 Å². The van der Waals surface area contributed by atoms with E-state index >= 15 is 0 Å². The minimum atomic E-state index is -0.236. The Labute approximate surface area is 103 Å². The van der Waals surface area contributed by atoms with Crippen LogP contribution in [0, 0.1) is 0 Å². The summed E-state index contributed by atoms with van der Waals surface area (Å²) in [6.07, 6.45) is 0. The minimum absolute atomic E-state index is 0.236. The molecule has 0 radical (unpaired) electrons. The number of hydrogen-bond donors (Lipinski definition) is 2. The Morgan fingerprint density at radius 3 is 3.06 bits per heavy atom. The zero-order valence-electron chi connectivity index (χ0n) is 9.30. The Hall–Kier alpha value is -1.79. The molecule has 0 fully saturated rings. The van der Waals surface area contributed by atoms with E-state index in [0.29, 0.717) is 5.69 Å². The van der Waals surface area contributed by atoms with E-state index < -0.39 is 0 Å². The number of nitrogens with one attached hydrogen (secondary N) is 2. The van der Waals surface area contributed by atoms with Gasteiger partial charge in [0.1, 0.15) is 0 Å². The smallest absolute Gasteiger partial charge is 0.277 e. The third-order valence-electron chi connectivity index (χ3n) is 2.16. The number of nitrogens with zero attached hydrogens (tertiary/aromatic N) is 2. The van der Waals surface area contributed by atoms with E-state index in [0.717, 1.165) is 29.3 Å². The van der Waals surface area contributed by atoms with Crippen LogP contribution in [0.4, 0.5) is 5.69 Å². The Morgan fingerprint density at radius 2 is 2.35 bits per heavy atom. The maximum Gasteiger partial charge on any atom is 0.277 e. The predicted octanol–water partition coefficient (Wildman–Crippen LogP) is 1.51. The largest absolute Gasteiger partial charge is 0.321 e. The quantitative estimate of drug-likeness (QED) is 0.860. The summed E-state index contributed by atoms with van der Waals surface area (Å²) in [6.45, 7) is 0.766. The molecular formula is C11H12N4OS. The second kappa shape index (κ2) is 5.51. The first-order valence-corrected chi connectivity index (χ1v) is 5.95. The van der Waals surface area contributed by atoms with E-state index in [9.17, 15) is 4.79 Å². The number of carbonyl (C=O) groups excluding carboxylic acids is 1. The van der Waals surface area contributed by atoms with Crippen molar-refractivity contribution in [2.75, 3.05) is 12.4 Å². The average Bonchev–Trinajstić information content (AvgIpc) is 2.83. The Balaban J connectivity index is 2.08. The molecule has 0 aliphatic heterocycles. The molecule has 2 N–H and O–H groups in total. The molecule has 0 saturated carbocycles. The summed E-state index contributed by atoms with van der Waals surface area (Å²) in [5.41, 5.74) is 2.21. The topological polar surface area (TPSA) is 66.9 Å². The van der Waals surface area contributed by atoms with Gasteiger partial charge in [0.05, 0.1) is 0 Å². The van der Waals surface area contributed by atoms with Gasteiger partial charge in [0.25, 0.3) is 5.91 Å². The highest BCUT2D eigenvalue weighted by molar-refractivity contribution is 7.03. The third kappa shape index (κ3) is 3.08. The molecule has 0 aliphatic rings. The molecule has 6 heteroatoms. The van der Waals surface area contributed by atoms with Crippen molar-refractivity contribution >= 4 is 23.1 Å². The second-order valence-electron chi connectivity index (χ2n) is 3.47. The first kappa shape index (κ1) is 11.7. The second-order valence-corrected chi connectivity index (χ2v) is 4.08. The van der Waals surface area contributed by atoms with E-state index in [-0.39, 0.29) is 5.91 Å². The van der Waals surface area contributed by atoms with Crippen molar-refractivity contribution in [2.24, 2.45) is 0 Å². The van der Waals surface area contributed by atoms with Crippen molar-refractivity contribution in [3.8, 4) is 0 Å². The fourth-order valence-corrected chi connectivity index (χ4v) is 1.86. The van der Waals surface area contributed by atoms with Crippen LogP contribution in [-0.4, -0.2) is 22.5 Å². The minimum Gasteiger partial charge on any atom is -0.321 e. The van der Waals surface area contributed by atoms with E-state index in [2.05, 4.69) is 20.2 Å². The molecule has 0 saturated heterocycles. The van der Waals surface area contributed by atoms with Gasteiger partial charge < -0.3 is 10.6 Å². The molecule has 1 aromatic carbocycles. The SMILES string of the molecule is CNCc1cccc(NC(=O)c2csnn2)c1. The first-order valence-electron chi connectivity index (χ1n) is 5.11. The summed E-state index contributed by atoms with van der Waals surface area (Å²) in [7, 11) is 1.88. The van der Waals surface area contributed by atoms with Crippen molar-refractivity contribution in [3.63, 3.8) is 0 Å². The number of benzene rings is 1. The lowest BCUT2D eigenvalue weighted by Gasteiger charge is -2.05. The average molecular weight is 248 g/mol. The molecule has 5 nitrogen and oxygen atoms in total. The zero-order valence-corrected chi connectivity index (χ0v) is 10.1. The van der Waals surface area contributed by atoms with Crippen LogP contribution in [0.1, 0.15) is 16.1 Å². The van der Waals surface area contributed by atoms with Crippen LogP contribution in [0.2, 0.25) is 0 Å². The lowest BCUT2D eigenvalue weighted by atomic mass is 10.2. The normalized spacial score (nSPS) is 10.2. The molecule has 0 aliphatic carbocycles. The molecule has 1 aromatic heterocycles. The highest BCUT2D eigenvalue weighted by Crippen LogP contribution is 2.11. The number of rotatable bonds is 4. The summed E-state index contributed by atoms with van der Waals surface area (Å²) in [5.74, 6) is -0.236. The number of aromatic nitrogens is 2. The van der Waals surface area contributed by atoms with E-state index in [1.165, 1.54) is 0 Å². The predicted molar refractivity (Wildman–Crippen MR) is 67.1 cm³/mol. The summed E-state index contributed by atoms with van der Waals surface area (Å²) >= 11 is 1.16. The van der Waals surface area contributed by atoms with Gasteiger partial charge >= 0.3 is 0 Å². The van der Waals surface area contributed by atoms with E-state index in [1.54, 1.807) is 5.38 Å². The maximum atomic E-state index is 11.7. The highest BCUT2D eigenvalue weighted by atomic mass is 32.1. The fourth-order valence-electron chi connectivity index (χ4n) is 1.42. The van der Waals surface area contributed by atoms with Gasteiger partial charge in [-0.2, -0.15) is 0 Å². The van der Waals surface area contributed by atoms with Crippen LogP contribution in [0.15, 0.2) is 29.6 Å². The maximum absolute atomic E-state index is 11.7. The van der Waals surface area contributed by atoms with Gasteiger partial charge in [-0.1, -0.05) is 16.6 Å². The summed E-state index contributed by atoms with van der Waals surface area (Å²) < 4.78 is 3.65. The van der Waals surface area contributed by atoms with Crippen molar-refractivity contribution in [1.82, 2.24) is 14.9 Å². The molecule has 2 rings (SSSR count). The molecule has 88 valence electrons. The van der Waals surface area contributed by atoms with Gasteiger partial charge in [0.15, 0.2) is 5.69 Å². The van der Waals surface area contributed by atoms with E-state index in [4.69, 9.17) is 0 Å². The molecule has 0 unspecified atom stereocenters. The number of anilines is 1. The molecule has 0 atom stereocenters. The molecule has 2 aromatic rings. The van der Waals surface area contributed by atoms with Crippen LogP contribution < -0.4 is 10.6 Å². The van der Waals surface area contributed by atoms with Crippen molar-refractivity contribution in [1.29, 1.82) is 0 Å². The Bertz CT molecular complexity index is 498. The fraction of sp³-hybridized carbons (Fsp3) is 0.182. The van der Waals surface area contributed by atoms with Gasteiger partial charge in [-0.15, -0.1) is 5.10 Å². The molecule has 1 heterocycles. The molecule has 17 heavy (non-hydrogen) atoms. The van der Waals surface area contributed by atoms with Crippen molar-refractivity contribution in [3.05, 3.63) is 40.9 Å². The molecular weight excluding hydrogens is 236 g/mol. The number of amides is 1. The van der Waals surface area contributed by atoms with Crippen LogP contribution in [0.3, 0.4) is 0 Å². The van der Waals surface area contributed by atoms with Crippen molar-refractivity contribution in [2.45, 2.75) is 6.54 Å². The number of hydrogen-bond acceptors (Lipinski definition) is 5. The summed E-state index contributed by atoms with van der Waals surface area (Å²) in [4.78, 5) is 11.7. The third-order valence-corrected chi connectivity index (χ3v) is 2.66. The first-order chi connectivity index (χ1) is 8.29. The monoisotopic (exact) mass is 248 g/mol. The van der Waals surface area contributed by atoms with Gasteiger partial charge in [-0.3, -0.25) is 4.79 Å². The van der Waals surface area contributed by atoms with Gasteiger partial charge in [-0.25, -0.2) is 0 Å². The standard InChI is InChI=1S/C11H12N4OS/c1-12-6-8-3-2-4-9(5-8)13-11(16)10-7-17-15-14-10/h2-5,7,12H,6H2,1H3,(H,13,16). The molecule has 1 amide bonds. The Kier molecular flexibility index (Phi) is 3.79. The lowest BCUT2D eigenvalue weighted by molar-refractivity contribution is 0.102. The van der Waals surface area contributed by atoms with Gasteiger partial charge in [0, 0.05) is 17.6 Å². The van der Waals surface area contributed by atoms with Crippen LogP contribution in [-0.2, 0) is 6.54 Å². The van der Waals surface area contributed by atoms with Gasteiger partial charge in [-0.05, 0) is 36.3 Å². The van der Waals surface area contributed by atoms with Crippen LogP contribution in [0.25, 0.3) is 0 Å². The number of carbonyl (C=O) groups is 1. The van der Waals surface area contributed by atoms with Crippen LogP contribution in [0.5, 0.6) is 0 Å². The molecule has 0 spiro atoms. The van der Waals surface area contributed by atoms with Gasteiger partial charge in [0.2, 0.25) is 0 Å². The Morgan fingerprint density at radius 1 is 1.47 bits per heavy atom. The summed E-state index contributed by atoms with van der Waals surface area (Å²) in [5, 5.41) is 11.2. The lowest BCUT2D eigenvalue weighted by Crippen LogP contribution is -2.13. The van der Waals surface area contributed by atoms with E-state index in [1.807, 2.05) is 31.3 Å².